The maximum absolute atomic E-state index is 6.15. The van der Waals surface area contributed by atoms with E-state index in [-0.39, 0.29) is 0 Å². The van der Waals surface area contributed by atoms with Crippen molar-refractivity contribution < 1.29 is 9.47 Å². The number of rotatable bonds is 8. The van der Waals surface area contributed by atoms with Crippen molar-refractivity contribution in [2.75, 3.05) is 26.4 Å². The summed E-state index contributed by atoms with van der Waals surface area (Å²) < 4.78 is 13.6. The van der Waals surface area contributed by atoms with Crippen LogP contribution in [0.25, 0.3) is 5.65 Å². The first-order valence-electron chi connectivity index (χ1n) is 10.8. The minimum Gasteiger partial charge on any atom is -0.493 e. The zero-order valence-electron chi connectivity index (χ0n) is 18.2. The zero-order chi connectivity index (χ0) is 21.5. The normalized spacial score (nSPS) is 16.6. The number of benzene rings is 1. The Kier molecular flexibility index (Phi) is 6.99. The molecule has 0 aliphatic carbocycles. The van der Waals surface area contributed by atoms with Crippen LogP contribution in [0.4, 0.5) is 0 Å². The number of pyridine rings is 1. The van der Waals surface area contributed by atoms with Crippen LogP contribution in [0.1, 0.15) is 30.3 Å². The van der Waals surface area contributed by atoms with Crippen LogP contribution in [0.2, 0.25) is 0 Å². The number of aromatic nitrogens is 3. The molecule has 1 unspecified atom stereocenters. The molecule has 0 radical (unpaired) electrons. The van der Waals surface area contributed by atoms with Crippen LogP contribution in [0.15, 0.2) is 47.6 Å². The molecule has 2 N–H and O–H groups in total. The SMILES string of the molecule is CCNC(=NCc1ccc(C)cc1OCC1CCOC1)NCc1nnc2ccccn12. The number of guanidine groups is 1. The Balaban J connectivity index is 1.42. The molecule has 1 aliphatic rings. The van der Waals surface area contributed by atoms with E-state index in [0.717, 1.165) is 54.9 Å². The van der Waals surface area contributed by atoms with Crippen LogP contribution < -0.4 is 15.4 Å². The van der Waals surface area contributed by atoms with Crippen LogP contribution in [-0.4, -0.2) is 46.9 Å². The predicted octanol–water partition coefficient (Wildman–Crippen LogP) is 2.71. The van der Waals surface area contributed by atoms with Gasteiger partial charge in [0.05, 0.1) is 26.3 Å². The first-order valence-corrected chi connectivity index (χ1v) is 10.8. The third-order valence-electron chi connectivity index (χ3n) is 5.27. The van der Waals surface area contributed by atoms with Gasteiger partial charge in [-0.05, 0) is 44.0 Å². The third-order valence-corrected chi connectivity index (χ3v) is 5.27. The molecule has 1 fully saturated rings. The molecular formula is C23H30N6O2. The number of aryl methyl sites for hydroxylation is 1. The fraction of sp³-hybridized carbons (Fsp3) is 0.435. The molecule has 4 rings (SSSR count). The van der Waals surface area contributed by atoms with Crippen molar-refractivity contribution in [2.45, 2.75) is 33.4 Å². The lowest BCUT2D eigenvalue weighted by Gasteiger charge is -2.15. The highest BCUT2D eigenvalue weighted by Crippen LogP contribution is 2.23. The van der Waals surface area contributed by atoms with E-state index >= 15 is 0 Å². The molecule has 1 saturated heterocycles. The zero-order valence-corrected chi connectivity index (χ0v) is 18.2. The Bertz CT molecular complexity index is 1030. The van der Waals surface area contributed by atoms with E-state index in [1.54, 1.807) is 0 Å². The van der Waals surface area contributed by atoms with Crippen molar-refractivity contribution >= 4 is 11.6 Å². The Labute approximate surface area is 182 Å². The highest BCUT2D eigenvalue weighted by Gasteiger charge is 2.17. The van der Waals surface area contributed by atoms with Gasteiger partial charge in [-0.1, -0.05) is 18.2 Å². The lowest BCUT2D eigenvalue weighted by Crippen LogP contribution is -2.37. The van der Waals surface area contributed by atoms with E-state index in [0.29, 0.717) is 25.6 Å². The van der Waals surface area contributed by atoms with Crippen molar-refractivity contribution in [3.63, 3.8) is 0 Å². The standard InChI is InChI=1S/C23H30N6O2/c1-3-24-23(26-14-22-28-27-21-6-4-5-10-29(21)22)25-13-19-8-7-17(2)12-20(19)31-16-18-9-11-30-15-18/h4-8,10,12,18H,3,9,11,13-16H2,1-2H3,(H2,24,25,26). The van der Waals surface area contributed by atoms with Crippen LogP contribution in [0.3, 0.4) is 0 Å². The topological polar surface area (TPSA) is 85.1 Å². The molecule has 2 aromatic heterocycles. The second kappa shape index (κ2) is 10.3. The van der Waals surface area contributed by atoms with E-state index in [4.69, 9.17) is 14.5 Å². The Morgan fingerprint density at radius 1 is 1.26 bits per heavy atom. The van der Waals surface area contributed by atoms with Crippen molar-refractivity contribution in [3.05, 3.63) is 59.5 Å². The fourth-order valence-corrected chi connectivity index (χ4v) is 3.53. The minimum atomic E-state index is 0.467. The summed E-state index contributed by atoms with van der Waals surface area (Å²) in [4.78, 5) is 4.77. The van der Waals surface area contributed by atoms with E-state index in [9.17, 15) is 0 Å². The molecule has 8 nitrogen and oxygen atoms in total. The Morgan fingerprint density at radius 3 is 3.03 bits per heavy atom. The van der Waals surface area contributed by atoms with Gasteiger partial charge in [0, 0.05) is 30.8 Å². The van der Waals surface area contributed by atoms with Crippen LogP contribution in [0.5, 0.6) is 5.75 Å². The first-order chi connectivity index (χ1) is 15.2. The van der Waals surface area contributed by atoms with Crippen molar-refractivity contribution in [2.24, 2.45) is 10.9 Å². The van der Waals surface area contributed by atoms with E-state index in [1.807, 2.05) is 35.7 Å². The van der Waals surface area contributed by atoms with E-state index in [1.165, 1.54) is 5.56 Å². The second-order valence-electron chi connectivity index (χ2n) is 7.75. The molecule has 3 heterocycles. The van der Waals surface area contributed by atoms with Gasteiger partial charge in [0.1, 0.15) is 5.75 Å². The van der Waals surface area contributed by atoms with Gasteiger partial charge in [-0.2, -0.15) is 0 Å². The van der Waals surface area contributed by atoms with Gasteiger partial charge >= 0.3 is 0 Å². The molecule has 0 amide bonds. The summed E-state index contributed by atoms with van der Waals surface area (Å²) >= 11 is 0. The molecule has 164 valence electrons. The summed E-state index contributed by atoms with van der Waals surface area (Å²) in [6, 6.07) is 12.1. The number of fused-ring (bicyclic) bond motifs is 1. The average Bonchev–Trinajstić information content (AvgIpc) is 3.45. The summed E-state index contributed by atoms with van der Waals surface area (Å²) in [6.07, 6.45) is 3.02. The van der Waals surface area contributed by atoms with Gasteiger partial charge < -0.3 is 20.1 Å². The second-order valence-corrected chi connectivity index (χ2v) is 7.75. The number of aliphatic imine (C=N–C) groups is 1. The van der Waals surface area contributed by atoms with Gasteiger partial charge in [-0.25, -0.2) is 4.99 Å². The molecule has 31 heavy (non-hydrogen) atoms. The summed E-state index contributed by atoms with van der Waals surface area (Å²) in [7, 11) is 0. The molecule has 0 saturated carbocycles. The molecule has 8 heteroatoms. The van der Waals surface area contributed by atoms with E-state index in [2.05, 4.69) is 46.0 Å². The Hall–Kier alpha value is -3.13. The van der Waals surface area contributed by atoms with E-state index < -0.39 is 0 Å². The molecule has 1 aliphatic heterocycles. The van der Waals surface area contributed by atoms with Gasteiger partial charge in [0.2, 0.25) is 0 Å². The molecular weight excluding hydrogens is 392 g/mol. The highest BCUT2D eigenvalue weighted by atomic mass is 16.5. The highest BCUT2D eigenvalue weighted by molar-refractivity contribution is 5.79. The van der Waals surface area contributed by atoms with Crippen LogP contribution >= 0.6 is 0 Å². The lowest BCUT2D eigenvalue weighted by molar-refractivity contribution is 0.166. The predicted molar refractivity (Wildman–Crippen MR) is 120 cm³/mol. The number of nitrogens with zero attached hydrogens (tertiary/aromatic N) is 4. The number of nitrogens with one attached hydrogen (secondary N) is 2. The van der Waals surface area contributed by atoms with Crippen molar-refractivity contribution in [1.82, 2.24) is 25.2 Å². The average molecular weight is 423 g/mol. The maximum atomic E-state index is 6.15. The largest absolute Gasteiger partial charge is 0.493 e. The first kappa shape index (κ1) is 21.1. The number of hydrogen-bond acceptors (Lipinski definition) is 5. The number of hydrogen-bond donors (Lipinski definition) is 2. The van der Waals surface area contributed by atoms with Gasteiger partial charge in [0.15, 0.2) is 17.4 Å². The van der Waals surface area contributed by atoms with Gasteiger partial charge in [-0.3, -0.25) is 4.40 Å². The summed E-state index contributed by atoms with van der Waals surface area (Å²) in [5.74, 6) is 2.93. The third kappa shape index (κ3) is 5.52. The van der Waals surface area contributed by atoms with Gasteiger partial charge in [0.25, 0.3) is 0 Å². The smallest absolute Gasteiger partial charge is 0.191 e. The van der Waals surface area contributed by atoms with Gasteiger partial charge in [-0.15, -0.1) is 10.2 Å². The van der Waals surface area contributed by atoms with Crippen molar-refractivity contribution in [3.8, 4) is 5.75 Å². The molecule has 0 spiro atoms. The summed E-state index contributed by atoms with van der Waals surface area (Å²) in [6.45, 7) is 8.23. The van der Waals surface area contributed by atoms with Crippen LogP contribution in [0, 0.1) is 12.8 Å². The Morgan fingerprint density at radius 2 is 2.19 bits per heavy atom. The maximum Gasteiger partial charge on any atom is 0.191 e. The van der Waals surface area contributed by atoms with Crippen molar-refractivity contribution in [1.29, 1.82) is 0 Å². The summed E-state index contributed by atoms with van der Waals surface area (Å²) in [5, 5.41) is 15.1. The fourth-order valence-electron chi connectivity index (χ4n) is 3.53. The molecule has 1 atom stereocenters. The number of ether oxygens (including phenoxy) is 2. The lowest BCUT2D eigenvalue weighted by atomic mass is 10.1. The monoisotopic (exact) mass is 422 g/mol. The minimum absolute atomic E-state index is 0.467. The van der Waals surface area contributed by atoms with Crippen LogP contribution in [-0.2, 0) is 17.8 Å². The molecule has 0 bridgehead atoms. The molecule has 1 aromatic carbocycles. The quantitative estimate of drug-likeness (QED) is 0.429. The molecule has 3 aromatic rings. The summed E-state index contributed by atoms with van der Waals surface area (Å²) in [5.41, 5.74) is 3.07.